The molecule has 1 aromatic heterocycles. The van der Waals surface area contributed by atoms with Crippen LogP contribution in [0, 0.1) is 0 Å². The third-order valence-corrected chi connectivity index (χ3v) is 1.36. The average Bonchev–Trinajstić information content (AvgIpc) is 2.16. The minimum absolute atomic E-state index is 0.587. The second kappa shape index (κ2) is 5.13. The van der Waals surface area contributed by atoms with Crippen molar-refractivity contribution in [1.29, 1.82) is 0 Å². The Balaban J connectivity index is 2.61. The van der Waals surface area contributed by atoms with E-state index in [2.05, 4.69) is 21.9 Å². The summed E-state index contributed by atoms with van der Waals surface area (Å²) >= 11 is 0. The monoisotopic (exact) mass is 179 g/mol. The van der Waals surface area contributed by atoms with Crippen LogP contribution in [0.3, 0.4) is 0 Å². The minimum Gasteiger partial charge on any atom is -0.478 e. The molecule has 1 heterocycles. The summed E-state index contributed by atoms with van der Waals surface area (Å²) in [5, 5.41) is 3.04. The first kappa shape index (κ1) is 9.51. The van der Waals surface area contributed by atoms with Gasteiger partial charge in [-0.25, -0.2) is 9.97 Å². The van der Waals surface area contributed by atoms with Gasteiger partial charge in [0.25, 0.3) is 0 Å². The SMILES string of the molecule is C=CCNc1cc(OCC)ncn1. The Morgan fingerprint density at radius 1 is 1.62 bits per heavy atom. The van der Waals surface area contributed by atoms with E-state index in [1.807, 2.05) is 6.92 Å². The van der Waals surface area contributed by atoms with E-state index < -0.39 is 0 Å². The van der Waals surface area contributed by atoms with Gasteiger partial charge in [-0.2, -0.15) is 0 Å². The van der Waals surface area contributed by atoms with E-state index in [1.165, 1.54) is 6.33 Å². The predicted octanol–water partition coefficient (Wildman–Crippen LogP) is 1.47. The Labute approximate surface area is 77.7 Å². The molecule has 0 aromatic carbocycles. The first-order chi connectivity index (χ1) is 6.36. The molecule has 1 N–H and O–H groups in total. The van der Waals surface area contributed by atoms with E-state index in [4.69, 9.17) is 4.74 Å². The fourth-order valence-electron chi connectivity index (χ4n) is 0.840. The highest BCUT2D eigenvalue weighted by atomic mass is 16.5. The topological polar surface area (TPSA) is 47.0 Å². The highest BCUT2D eigenvalue weighted by Gasteiger charge is 1.96. The number of nitrogens with one attached hydrogen (secondary N) is 1. The normalized spacial score (nSPS) is 9.31. The van der Waals surface area contributed by atoms with Gasteiger partial charge in [0.15, 0.2) is 0 Å². The summed E-state index contributed by atoms with van der Waals surface area (Å²) in [5.74, 6) is 1.34. The zero-order valence-electron chi connectivity index (χ0n) is 7.66. The average molecular weight is 179 g/mol. The summed E-state index contributed by atoms with van der Waals surface area (Å²) < 4.78 is 5.21. The molecule has 70 valence electrons. The van der Waals surface area contributed by atoms with E-state index >= 15 is 0 Å². The molecule has 0 aliphatic heterocycles. The van der Waals surface area contributed by atoms with Gasteiger partial charge in [-0.3, -0.25) is 0 Å². The van der Waals surface area contributed by atoms with E-state index in [-0.39, 0.29) is 0 Å². The maximum atomic E-state index is 5.21. The predicted molar refractivity (Wildman–Crippen MR) is 51.9 cm³/mol. The molecule has 13 heavy (non-hydrogen) atoms. The van der Waals surface area contributed by atoms with Crippen molar-refractivity contribution in [2.24, 2.45) is 0 Å². The van der Waals surface area contributed by atoms with Gasteiger partial charge in [0, 0.05) is 12.6 Å². The Morgan fingerprint density at radius 3 is 3.15 bits per heavy atom. The molecule has 0 radical (unpaired) electrons. The van der Waals surface area contributed by atoms with Crippen molar-refractivity contribution in [3.63, 3.8) is 0 Å². The van der Waals surface area contributed by atoms with Crippen LogP contribution in [0.5, 0.6) is 5.88 Å². The van der Waals surface area contributed by atoms with Crippen LogP contribution in [0.1, 0.15) is 6.92 Å². The number of ether oxygens (including phenoxy) is 1. The van der Waals surface area contributed by atoms with Gasteiger partial charge in [0.05, 0.1) is 6.61 Å². The standard InChI is InChI=1S/C9H13N3O/c1-3-5-10-8-6-9(13-4-2)12-7-11-8/h3,6-7H,1,4-5H2,2H3,(H,10,11,12). The van der Waals surface area contributed by atoms with Crippen molar-refractivity contribution in [3.05, 3.63) is 25.0 Å². The number of anilines is 1. The quantitative estimate of drug-likeness (QED) is 0.695. The number of hydrogen-bond donors (Lipinski definition) is 1. The molecule has 1 rings (SSSR count). The number of nitrogens with zero attached hydrogens (tertiary/aromatic N) is 2. The first-order valence-electron chi connectivity index (χ1n) is 4.16. The summed E-state index contributed by atoms with van der Waals surface area (Å²) in [6.07, 6.45) is 3.23. The summed E-state index contributed by atoms with van der Waals surface area (Å²) in [6, 6.07) is 1.76. The molecule has 0 unspecified atom stereocenters. The molecule has 4 nitrogen and oxygen atoms in total. The number of hydrogen-bond acceptors (Lipinski definition) is 4. The second-order valence-corrected chi connectivity index (χ2v) is 2.34. The molecule has 0 spiro atoms. The molecule has 1 aromatic rings. The van der Waals surface area contributed by atoms with Crippen molar-refractivity contribution >= 4 is 5.82 Å². The molecule has 0 bridgehead atoms. The van der Waals surface area contributed by atoms with Gasteiger partial charge in [-0.1, -0.05) is 6.08 Å². The van der Waals surface area contributed by atoms with Crippen molar-refractivity contribution in [2.45, 2.75) is 6.92 Å². The van der Waals surface area contributed by atoms with E-state index in [0.717, 1.165) is 5.82 Å². The van der Waals surface area contributed by atoms with Gasteiger partial charge in [0.2, 0.25) is 5.88 Å². The molecular weight excluding hydrogens is 166 g/mol. The van der Waals surface area contributed by atoms with Gasteiger partial charge < -0.3 is 10.1 Å². The zero-order chi connectivity index (χ0) is 9.52. The molecule has 0 fully saturated rings. The lowest BCUT2D eigenvalue weighted by Crippen LogP contribution is -2.02. The first-order valence-corrected chi connectivity index (χ1v) is 4.16. The molecule has 0 atom stereocenters. The lowest BCUT2D eigenvalue weighted by Gasteiger charge is -2.04. The van der Waals surface area contributed by atoms with Crippen molar-refractivity contribution in [2.75, 3.05) is 18.5 Å². The largest absolute Gasteiger partial charge is 0.478 e. The Bertz CT molecular complexity index is 275. The smallest absolute Gasteiger partial charge is 0.218 e. The van der Waals surface area contributed by atoms with Crippen molar-refractivity contribution in [1.82, 2.24) is 9.97 Å². The number of aromatic nitrogens is 2. The molecule has 0 amide bonds. The fourth-order valence-corrected chi connectivity index (χ4v) is 0.840. The second-order valence-electron chi connectivity index (χ2n) is 2.34. The van der Waals surface area contributed by atoms with Crippen LogP contribution in [0.25, 0.3) is 0 Å². The Morgan fingerprint density at radius 2 is 2.46 bits per heavy atom. The van der Waals surface area contributed by atoms with Crippen LogP contribution >= 0.6 is 0 Å². The molecule has 0 saturated heterocycles. The van der Waals surface area contributed by atoms with Crippen LogP contribution in [-0.4, -0.2) is 23.1 Å². The maximum Gasteiger partial charge on any atom is 0.218 e. The third-order valence-electron chi connectivity index (χ3n) is 1.36. The molecule has 4 heteroatoms. The summed E-state index contributed by atoms with van der Waals surface area (Å²) in [6.45, 7) is 6.81. The van der Waals surface area contributed by atoms with Gasteiger partial charge in [-0.05, 0) is 6.92 Å². The summed E-state index contributed by atoms with van der Waals surface area (Å²) in [5.41, 5.74) is 0. The lowest BCUT2D eigenvalue weighted by molar-refractivity contribution is 0.326. The molecular formula is C9H13N3O. The zero-order valence-corrected chi connectivity index (χ0v) is 7.66. The van der Waals surface area contributed by atoms with E-state index in [0.29, 0.717) is 19.0 Å². The van der Waals surface area contributed by atoms with Crippen LogP contribution in [-0.2, 0) is 0 Å². The summed E-state index contributed by atoms with van der Waals surface area (Å²) in [4.78, 5) is 7.95. The number of rotatable bonds is 5. The van der Waals surface area contributed by atoms with Gasteiger partial charge in [-0.15, -0.1) is 6.58 Å². The third kappa shape index (κ3) is 3.11. The molecule has 0 aliphatic rings. The minimum atomic E-state index is 0.587. The Kier molecular flexibility index (Phi) is 3.75. The van der Waals surface area contributed by atoms with Gasteiger partial charge in [0.1, 0.15) is 12.1 Å². The van der Waals surface area contributed by atoms with E-state index in [9.17, 15) is 0 Å². The van der Waals surface area contributed by atoms with Crippen molar-refractivity contribution in [3.8, 4) is 5.88 Å². The highest BCUT2D eigenvalue weighted by molar-refractivity contribution is 5.37. The fraction of sp³-hybridized carbons (Fsp3) is 0.333. The molecule has 0 aliphatic carbocycles. The Hall–Kier alpha value is -1.58. The van der Waals surface area contributed by atoms with Crippen LogP contribution in [0.4, 0.5) is 5.82 Å². The van der Waals surface area contributed by atoms with Crippen LogP contribution < -0.4 is 10.1 Å². The van der Waals surface area contributed by atoms with Crippen molar-refractivity contribution < 1.29 is 4.74 Å². The van der Waals surface area contributed by atoms with E-state index in [1.54, 1.807) is 12.1 Å². The highest BCUT2D eigenvalue weighted by Crippen LogP contribution is 2.09. The molecule has 0 saturated carbocycles. The lowest BCUT2D eigenvalue weighted by atomic mass is 10.5. The van der Waals surface area contributed by atoms with Gasteiger partial charge >= 0.3 is 0 Å². The summed E-state index contributed by atoms with van der Waals surface area (Å²) in [7, 11) is 0. The maximum absolute atomic E-state index is 5.21. The van der Waals surface area contributed by atoms with Crippen LogP contribution in [0.15, 0.2) is 25.0 Å². The van der Waals surface area contributed by atoms with Crippen LogP contribution in [0.2, 0.25) is 0 Å².